The minimum Gasteiger partial charge on any atom is -0.393 e. The highest BCUT2D eigenvalue weighted by Gasteiger charge is 2.38. The summed E-state index contributed by atoms with van der Waals surface area (Å²) >= 11 is 0. The molecule has 2 atom stereocenters. The third-order valence-electron chi connectivity index (χ3n) is 5.70. The van der Waals surface area contributed by atoms with Gasteiger partial charge in [0.15, 0.2) is 0 Å². The Kier molecular flexibility index (Phi) is 4.77. The molecule has 0 saturated carbocycles. The molecule has 1 aliphatic heterocycles. The first-order chi connectivity index (χ1) is 11.9. The first-order valence-corrected chi connectivity index (χ1v) is 8.71. The van der Waals surface area contributed by atoms with Crippen LogP contribution in [0.4, 0.5) is 11.4 Å². The molecule has 0 spiro atoms. The first kappa shape index (κ1) is 17.4. The van der Waals surface area contributed by atoms with E-state index >= 15 is 0 Å². The highest BCUT2D eigenvalue weighted by atomic mass is 16.6. The van der Waals surface area contributed by atoms with E-state index in [-0.39, 0.29) is 16.8 Å². The van der Waals surface area contributed by atoms with Gasteiger partial charge in [-0.1, -0.05) is 50.2 Å². The Morgan fingerprint density at radius 3 is 2.60 bits per heavy atom. The van der Waals surface area contributed by atoms with Crippen molar-refractivity contribution in [2.45, 2.75) is 32.2 Å². The number of rotatable bonds is 4. The van der Waals surface area contributed by atoms with Crippen molar-refractivity contribution in [2.24, 2.45) is 5.92 Å². The zero-order valence-electron chi connectivity index (χ0n) is 14.8. The van der Waals surface area contributed by atoms with Gasteiger partial charge in [0, 0.05) is 19.2 Å². The Hall–Kier alpha value is -2.40. The van der Waals surface area contributed by atoms with Gasteiger partial charge in [0.1, 0.15) is 5.69 Å². The fourth-order valence-electron chi connectivity index (χ4n) is 3.81. The molecule has 2 N–H and O–H groups in total. The van der Waals surface area contributed by atoms with E-state index in [9.17, 15) is 10.1 Å². The van der Waals surface area contributed by atoms with Crippen molar-refractivity contribution in [3.05, 3.63) is 69.8 Å². The molecular formula is C20H25N3O2. The lowest BCUT2D eigenvalue weighted by Crippen LogP contribution is -2.46. The van der Waals surface area contributed by atoms with E-state index in [1.165, 1.54) is 5.56 Å². The van der Waals surface area contributed by atoms with E-state index in [0.717, 1.165) is 31.6 Å². The van der Waals surface area contributed by atoms with Crippen LogP contribution in [0.3, 0.4) is 0 Å². The van der Waals surface area contributed by atoms with Crippen molar-refractivity contribution in [1.82, 2.24) is 4.90 Å². The third kappa shape index (κ3) is 3.51. The van der Waals surface area contributed by atoms with Crippen LogP contribution in [0.15, 0.2) is 48.5 Å². The van der Waals surface area contributed by atoms with E-state index in [1.54, 1.807) is 12.1 Å². The van der Waals surface area contributed by atoms with Gasteiger partial charge in [-0.25, -0.2) is 0 Å². The summed E-state index contributed by atoms with van der Waals surface area (Å²) in [6.07, 6.45) is 1.01. The summed E-state index contributed by atoms with van der Waals surface area (Å²) in [7, 11) is 0. The predicted octanol–water partition coefficient (Wildman–Crippen LogP) is 3.98. The number of anilines is 1. The van der Waals surface area contributed by atoms with Crippen LogP contribution in [0.1, 0.15) is 31.4 Å². The van der Waals surface area contributed by atoms with Gasteiger partial charge in [-0.3, -0.25) is 15.0 Å². The maximum atomic E-state index is 11.0. The van der Waals surface area contributed by atoms with E-state index < -0.39 is 4.92 Å². The summed E-state index contributed by atoms with van der Waals surface area (Å²) in [5.74, 6) is 0.436. The van der Waals surface area contributed by atoms with Gasteiger partial charge in [-0.2, -0.15) is 0 Å². The molecule has 0 radical (unpaired) electrons. The van der Waals surface area contributed by atoms with E-state index in [1.807, 2.05) is 12.1 Å². The van der Waals surface area contributed by atoms with Gasteiger partial charge in [-0.15, -0.1) is 0 Å². The molecule has 25 heavy (non-hydrogen) atoms. The van der Waals surface area contributed by atoms with Gasteiger partial charge < -0.3 is 5.73 Å². The Balaban J connectivity index is 1.75. The maximum absolute atomic E-state index is 11.0. The third-order valence-corrected chi connectivity index (χ3v) is 5.70. The van der Waals surface area contributed by atoms with Gasteiger partial charge >= 0.3 is 0 Å². The molecule has 1 fully saturated rings. The summed E-state index contributed by atoms with van der Waals surface area (Å²) in [5.41, 5.74) is 8.56. The van der Waals surface area contributed by atoms with E-state index in [0.29, 0.717) is 5.92 Å². The summed E-state index contributed by atoms with van der Waals surface area (Å²) in [4.78, 5) is 13.0. The van der Waals surface area contributed by atoms with Crippen molar-refractivity contribution in [1.29, 1.82) is 0 Å². The standard InChI is InChI=1S/C20H25N3O2/c1-15-13-22(14-16-6-4-3-5-7-16)11-10-20(15,2)17-8-9-19(23(24)25)18(21)12-17/h3-9,12,15H,10-11,13-14,21H2,1-2H3. The average Bonchev–Trinajstić information content (AvgIpc) is 2.59. The molecule has 0 amide bonds. The van der Waals surface area contributed by atoms with E-state index in [2.05, 4.69) is 43.0 Å². The van der Waals surface area contributed by atoms with Crippen LogP contribution in [0.2, 0.25) is 0 Å². The molecule has 0 bridgehead atoms. The highest BCUT2D eigenvalue weighted by molar-refractivity contribution is 5.60. The Bertz CT molecular complexity index is 763. The molecule has 2 unspecified atom stereocenters. The zero-order chi connectivity index (χ0) is 18.0. The van der Waals surface area contributed by atoms with Gasteiger partial charge in [0.05, 0.1) is 4.92 Å². The maximum Gasteiger partial charge on any atom is 0.292 e. The molecule has 1 saturated heterocycles. The van der Waals surface area contributed by atoms with Gasteiger partial charge in [-0.05, 0) is 41.5 Å². The summed E-state index contributed by atoms with van der Waals surface area (Å²) < 4.78 is 0. The molecule has 5 heteroatoms. The monoisotopic (exact) mass is 339 g/mol. The Labute approximate surface area is 148 Å². The van der Waals surface area contributed by atoms with Gasteiger partial charge in [0.2, 0.25) is 0 Å². The molecule has 2 aromatic rings. The Morgan fingerprint density at radius 2 is 2.00 bits per heavy atom. The molecule has 1 aliphatic rings. The topological polar surface area (TPSA) is 72.4 Å². The lowest BCUT2D eigenvalue weighted by atomic mass is 9.68. The zero-order valence-corrected chi connectivity index (χ0v) is 14.8. The van der Waals surface area contributed by atoms with Crippen LogP contribution in [0.25, 0.3) is 0 Å². The van der Waals surface area contributed by atoms with E-state index in [4.69, 9.17) is 5.73 Å². The fourth-order valence-corrected chi connectivity index (χ4v) is 3.81. The molecule has 1 heterocycles. The molecule has 0 aliphatic carbocycles. The fraction of sp³-hybridized carbons (Fsp3) is 0.400. The average molecular weight is 339 g/mol. The lowest BCUT2D eigenvalue weighted by molar-refractivity contribution is -0.383. The molecule has 3 rings (SSSR count). The summed E-state index contributed by atoms with van der Waals surface area (Å²) in [6.45, 7) is 7.48. The normalized spacial score (nSPS) is 24.2. The quantitative estimate of drug-likeness (QED) is 0.519. The number of likely N-dealkylation sites (tertiary alicyclic amines) is 1. The van der Waals surface area contributed by atoms with Crippen LogP contribution in [0.5, 0.6) is 0 Å². The molecule has 2 aromatic carbocycles. The number of piperidine rings is 1. The van der Waals surface area contributed by atoms with Crippen LogP contribution in [0, 0.1) is 16.0 Å². The number of nitrogens with zero attached hydrogens (tertiary/aromatic N) is 2. The van der Waals surface area contributed by atoms with Crippen LogP contribution in [-0.4, -0.2) is 22.9 Å². The minimum absolute atomic E-state index is 0.0125. The minimum atomic E-state index is -0.423. The number of hydrogen-bond donors (Lipinski definition) is 1. The number of benzene rings is 2. The highest BCUT2D eigenvalue weighted by Crippen LogP contribution is 2.41. The number of nitrogen functional groups attached to an aromatic ring is 1. The van der Waals surface area contributed by atoms with Gasteiger partial charge in [0.25, 0.3) is 5.69 Å². The first-order valence-electron chi connectivity index (χ1n) is 8.71. The van der Waals surface area contributed by atoms with Crippen LogP contribution in [-0.2, 0) is 12.0 Å². The largest absolute Gasteiger partial charge is 0.393 e. The SMILES string of the molecule is CC1CN(Cc2ccccc2)CCC1(C)c1ccc([N+](=O)[O-])c(N)c1. The second-order valence-corrected chi connectivity index (χ2v) is 7.32. The summed E-state index contributed by atoms with van der Waals surface area (Å²) in [6, 6.07) is 15.7. The molecular weight excluding hydrogens is 314 g/mol. The smallest absolute Gasteiger partial charge is 0.292 e. The number of nitro benzene ring substituents is 1. The van der Waals surface area contributed by atoms with Crippen molar-refractivity contribution in [3.63, 3.8) is 0 Å². The number of nitro groups is 1. The predicted molar refractivity (Wildman–Crippen MR) is 100 cm³/mol. The van der Waals surface area contributed by atoms with Crippen molar-refractivity contribution in [3.8, 4) is 0 Å². The lowest BCUT2D eigenvalue weighted by Gasteiger charge is -2.45. The molecule has 0 aromatic heterocycles. The number of nitrogens with two attached hydrogens (primary N) is 1. The molecule has 132 valence electrons. The van der Waals surface area contributed by atoms with Crippen molar-refractivity contribution < 1.29 is 4.92 Å². The van der Waals surface area contributed by atoms with Crippen molar-refractivity contribution in [2.75, 3.05) is 18.8 Å². The van der Waals surface area contributed by atoms with Crippen LogP contribution < -0.4 is 5.73 Å². The summed E-state index contributed by atoms with van der Waals surface area (Å²) in [5, 5.41) is 11.0. The Morgan fingerprint density at radius 1 is 1.28 bits per heavy atom. The van der Waals surface area contributed by atoms with Crippen LogP contribution >= 0.6 is 0 Å². The number of hydrogen-bond acceptors (Lipinski definition) is 4. The molecule has 5 nitrogen and oxygen atoms in total. The van der Waals surface area contributed by atoms with Crippen molar-refractivity contribution >= 4 is 11.4 Å². The second-order valence-electron chi connectivity index (χ2n) is 7.32. The second kappa shape index (κ2) is 6.84.